The molecule has 6 heteroatoms. The standard InChI is InChI=1S/C14H22N4O2/c19-12-14(13-4-5-15-16-13,17-6-2-1-3-7-17)18-8-10-20-11-9-18/h4-5,12H,1-3,6-11H2,(H,15,16). The summed E-state index contributed by atoms with van der Waals surface area (Å²) in [7, 11) is 0. The summed E-state index contributed by atoms with van der Waals surface area (Å²) < 4.78 is 5.44. The van der Waals surface area contributed by atoms with E-state index in [1.807, 2.05) is 6.07 Å². The highest BCUT2D eigenvalue weighted by molar-refractivity contribution is 5.66. The Kier molecular flexibility index (Phi) is 4.14. The predicted molar refractivity (Wildman–Crippen MR) is 74.1 cm³/mol. The molecule has 1 N–H and O–H groups in total. The first-order valence-electron chi connectivity index (χ1n) is 7.42. The number of nitrogens with zero attached hydrogens (tertiary/aromatic N) is 3. The molecule has 3 heterocycles. The minimum atomic E-state index is -0.708. The van der Waals surface area contributed by atoms with Crippen LogP contribution >= 0.6 is 0 Å². The highest BCUT2D eigenvalue weighted by Gasteiger charge is 2.46. The van der Waals surface area contributed by atoms with Crippen LogP contribution in [-0.2, 0) is 15.2 Å². The van der Waals surface area contributed by atoms with Crippen LogP contribution in [0.5, 0.6) is 0 Å². The zero-order valence-electron chi connectivity index (χ0n) is 11.8. The molecule has 0 aromatic carbocycles. The fourth-order valence-corrected chi connectivity index (χ4v) is 3.35. The zero-order valence-corrected chi connectivity index (χ0v) is 11.8. The third-order valence-corrected chi connectivity index (χ3v) is 4.39. The van der Waals surface area contributed by atoms with Crippen molar-refractivity contribution in [2.24, 2.45) is 0 Å². The average molecular weight is 278 g/mol. The average Bonchev–Trinajstić information content (AvgIpc) is 3.06. The maximum absolute atomic E-state index is 12.2. The smallest absolute Gasteiger partial charge is 0.174 e. The van der Waals surface area contributed by atoms with Crippen molar-refractivity contribution in [1.29, 1.82) is 0 Å². The molecule has 6 nitrogen and oxygen atoms in total. The molecule has 2 aliphatic rings. The van der Waals surface area contributed by atoms with E-state index in [4.69, 9.17) is 4.74 Å². The number of ether oxygens (including phenoxy) is 1. The second-order valence-electron chi connectivity index (χ2n) is 5.46. The fourth-order valence-electron chi connectivity index (χ4n) is 3.35. The monoisotopic (exact) mass is 278 g/mol. The summed E-state index contributed by atoms with van der Waals surface area (Å²) in [5.74, 6) is 0. The maximum atomic E-state index is 12.2. The van der Waals surface area contributed by atoms with E-state index in [1.165, 1.54) is 6.42 Å². The van der Waals surface area contributed by atoms with Gasteiger partial charge in [0.15, 0.2) is 11.9 Å². The van der Waals surface area contributed by atoms with Gasteiger partial charge in [0.1, 0.15) is 0 Å². The number of morpholine rings is 1. The molecule has 2 saturated heterocycles. The number of rotatable bonds is 4. The molecule has 0 bridgehead atoms. The summed E-state index contributed by atoms with van der Waals surface area (Å²) in [5.41, 5.74) is 0.164. The van der Waals surface area contributed by atoms with Gasteiger partial charge in [0, 0.05) is 32.4 Å². The zero-order chi connectivity index (χ0) is 13.8. The molecular weight excluding hydrogens is 256 g/mol. The van der Waals surface area contributed by atoms with Crippen molar-refractivity contribution < 1.29 is 9.53 Å². The van der Waals surface area contributed by atoms with Crippen LogP contribution in [0.4, 0.5) is 0 Å². The van der Waals surface area contributed by atoms with Crippen molar-refractivity contribution in [3.8, 4) is 0 Å². The van der Waals surface area contributed by atoms with E-state index in [2.05, 4.69) is 20.0 Å². The number of hydrogen-bond donors (Lipinski definition) is 1. The Labute approximate surface area is 119 Å². The number of H-pyrrole nitrogens is 1. The molecule has 0 saturated carbocycles. The Morgan fingerprint density at radius 1 is 1.15 bits per heavy atom. The van der Waals surface area contributed by atoms with Crippen LogP contribution in [0, 0.1) is 0 Å². The van der Waals surface area contributed by atoms with Gasteiger partial charge in [-0.05, 0) is 18.9 Å². The minimum Gasteiger partial charge on any atom is -0.379 e. The number of aromatic nitrogens is 2. The van der Waals surface area contributed by atoms with E-state index >= 15 is 0 Å². The molecule has 2 aliphatic heterocycles. The fraction of sp³-hybridized carbons (Fsp3) is 0.714. The van der Waals surface area contributed by atoms with Crippen LogP contribution in [0.1, 0.15) is 25.0 Å². The molecule has 110 valence electrons. The first-order chi connectivity index (χ1) is 9.88. The largest absolute Gasteiger partial charge is 0.379 e. The number of piperidine rings is 1. The van der Waals surface area contributed by atoms with Crippen molar-refractivity contribution in [2.75, 3.05) is 39.4 Å². The van der Waals surface area contributed by atoms with Gasteiger partial charge in [0.05, 0.1) is 18.9 Å². The summed E-state index contributed by atoms with van der Waals surface area (Å²) in [4.78, 5) is 16.7. The SMILES string of the molecule is O=CC(c1ccn[nH]1)(N1CCCCC1)N1CCOCC1. The molecule has 0 spiro atoms. The first-order valence-corrected chi connectivity index (χ1v) is 7.42. The van der Waals surface area contributed by atoms with Crippen LogP contribution in [0.3, 0.4) is 0 Å². The van der Waals surface area contributed by atoms with Crippen molar-refractivity contribution in [3.63, 3.8) is 0 Å². The molecule has 20 heavy (non-hydrogen) atoms. The van der Waals surface area contributed by atoms with Gasteiger partial charge in [-0.3, -0.25) is 19.7 Å². The summed E-state index contributed by atoms with van der Waals surface area (Å²) in [6.45, 7) is 4.81. The predicted octanol–water partition coefficient (Wildman–Crippen LogP) is 0.579. The third kappa shape index (κ3) is 2.28. The molecule has 0 amide bonds. The first kappa shape index (κ1) is 13.7. The summed E-state index contributed by atoms with van der Waals surface area (Å²) in [6.07, 6.45) is 6.34. The number of likely N-dealkylation sites (tertiary alicyclic amines) is 1. The van der Waals surface area contributed by atoms with Gasteiger partial charge in [-0.25, -0.2) is 0 Å². The summed E-state index contributed by atoms with van der Waals surface area (Å²) in [5, 5.41) is 7.08. The molecule has 2 fully saturated rings. The number of carbonyl (C=O) groups excluding carboxylic acids is 1. The van der Waals surface area contributed by atoms with Gasteiger partial charge in [0.2, 0.25) is 0 Å². The quantitative estimate of drug-likeness (QED) is 0.816. The van der Waals surface area contributed by atoms with E-state index in [-0.39, 0.29) is 0 Å². The topological polar surface area (TPSA) is 61.5 Å². The number of carbonyl (C=O) groups is 1. The van der Waals surface area contributed by atoms with Gasteiger partial charge in [-0.15, -0.1) is 0 Å². The number of aldehydes is 1. The summed E-state index contributed by atoms with van der Waals surface area (Å²) >= 11 is 0. The van der Waals surface area contributed by atoms with Gasteiger partial charge < -0.3 is 4.74 Å². The number of hydrogen-bond acceptors (Lipinski definition) is 5. The Morgan fingerprint density at radius 3 is 2.45 bits per heavy atom. The molecule has 1 atom stereocenters. The van der Waals surface area contributed by atoms with Gasteiger partial charge in [-0.1, -0.05) is 6.42 Å². The molecule has 1 aromatic heterocycles. The minimum absolute atomic E-state index is 0.678. The lowest BCUT2D eigenvalue weighted by Gasteiger charge is -2.49. The van der Waals surface area contributed by atoms with E-state index in [9.17, 15) is 4.79 Å². The normalized spacial score (nSPS) is 25.2. The lowest BCUT2D eigenvalue weighted by Crippen LogP contribution is -2.63. The van der Waals surface area contributed by atoms with Crippen molar-refractivity contribution in [3.05, 3.63) is 18.0 Å². The Morgan fingerprint density at radius 2 is 1.85 bits per heavy atom. The van der Waals surface area contributed by atoms with Crippen LogP contribution in [0.25, 0.3) is 0 Å². The second-order valence-corrected chi connectivity index (χ2v) is 5.46. The molecule has 1 aromatic rings. The second kappa shape index (κ2) is 6.03. The van der Waals surface area contributed by atoms with Crippen LogP contribution < -0.4 is 0 Å². The summed E-state index contributed by atoms with van der Waals surface area (Å²) in [6, 6.07) is 1.92. The van der Waals surface area contributed by atoms with Crippen molar-refractivity contribution in [1.82, 2.24) is 20.0 Å². The van der Waals surface area contributed by atoms with E-state index < -0.39 is 5.66 Å². The Bertz CT molecular complexity index is 404. The molecule has 0 aliphatic carbocycles. The third-order valence-electron chi connectivity index (χ3n) is 4.39. The highest BCUT2D eigenvalue weighted by atomic mass is 16.5. The van der Waals surface area contributed by atoms with Gasteiger partial charge in [0.25, 0.3) is 0 Å². The number of nitrogens with one attached hydrogen (secondary N) is 1. The van der Waals surface area contributed by atoms with Crippen molar-refractivity contribution in [2.45, 2.75) is 24.9 Å². The van der Waals surface area contributed by atoms with E-state index in [1.54, 1.807) is 6.20 Å². The lowest BCUT2D eigenvalue weighted by atomic mass is 9.98. The molecule has 1 unspecified atom stereocenters. The van der Waals surface area contributed by atoms with Gasteiger partial charge in [-0.2, -0.15) is 5.10 Å². The van der Waals surface area contributed by atoms with E-state index in [0.29, 0.717) is 13.2 Å². The van der Waals surface area contributed by atoms with Crippen LogP contribution in [-0.4, -0.2) is 65.7 Å². The lowest BCUT2D eigenvalue weighted by molar-refractivity contribution is -0.146. The van der Waals surface area contributed by atoms with Crippen LogP contribution in [0.2, 0.25) is 0 Å². The molecule has 0 radical (unpaired) electrons. The van der Waals surface area contributed by atoms with E-state index in [0.717, 1.165) is 51.0 Å². The van der Waals surface area contributed by atoms with Crippen LogP contribution in [0.15, 0.2) is 12.3 Å². The van der Waals surface area contributed by atoms with Crippen molar-refractivity contribution >= 4 is 6.29 Å². The van der Waals surface area contributed by atoms with Gasteiger partial charge >= 0.3 is 0 Å². The number of aromatic amines is 1. The highest BCUT2D eigenvalue weighted by Crippen LogP contribution is 2.32. The molecule has 3 rings (SSSR count). The Balaban J connectivity index is 1.97. The maximum Gasteiger partial charge on any atom is 0.174 e. The Hall–Kier alpha value is -1.24. The molecular formula is C14H22N4O2.